The zero-order valence-electron chi connectivity index (χ0n) is 21.6. The highest BCUT2D eigenvalue weighted by atomic mass is 16.5. The Morgan fingerprint density at radius 3 is 1.28 bits per heavy atom. The van der Waals surface area contributed by atoms with Gasteiger partial charge in [-0.05, 0) is 55.3 Å². The monoisotopic (exact) mass is 479 g/mol. The Hall–Kier alpha value is -3.56. The van der Waals surface area contributed by atoms with Gasteiger partial charge in [-0.3, -0.25) is 0 Å². The third-order valence-electron chi connectivity index (χ3n) is 6.61. The maximum absolute atomic E-state index is 6.52. The Kier molecular flexibility index (Phi) is 9.18. The Bertz CT molecular complexity index is 1100. The highest BCUT2D eigenvalue weighted by Gasteiger charge is 2.18. The molecule has 2 atom stereocenters. The van der Waals surface area contributed by atoms with E-state index in [2.05, 4.69) is 123 Å². The highest BCUT2D eigenvalue weighted by Crippen LogP contribution is 2.29. The van der Waals surface area contributed by atoms with Crippen LogP contribution in [0, 0.1) is 13.8 Å². The molecule has 0 aliphatic heterocycles. The van der Waals surface area contributed by atoms with Crippen LogP contribution in [0.4, 0.5) is 0 Å². The lowest BCUT2D eigenvalue weighted by atomic mass is 10.0. The molecular formula is C33H37NO2. The molecule has 4 rings (SSSR count). The number of rotatable bonds is 12. The second-order valence-electron chi connectivity index (χ2n) is 9.45. The van der Waals surface area contributed by atoms with Gasteiger partial charge >= 0.3 is 0 Å². The SMILES string of the molecule is Cc1ccccc1OC(CCN(C)CCC(Oc1ccccc1C)c1ccccc1)c1ccccc1. The Balaban J connectivity index is 1.40. The topological polar surface area (TPSA) is 21.7 Å². The van der Waals surface area contributed by atoms with E-state index < -0.39 is 0 Å². The second-order valence-corrected chi connectivity index (χ2v) is 9.45. The van der Waals surface area contributed by atoms with Crippen LogP contribution in [0.25, 0.3) is 0 Å². The van der Waals surface area contributed by atoms with E-state index in [0.29, 0.717) is 0 Å². The molecule has 0 aliphatic carbocycles. The van der Waals surface area contributed by atoms with Crippen molar-refractivity contribution in [2.24, 2.45) is 0 Å². The molecule has 0 spiro atoms. The zero-order valence-corrected chi connectivity index (χ0v) is 21.6. The summed E-state index contributed by atoms with van der Waals surface area (Å²) in [5, 5.41) is 0. The minimum Gasteiger partial charge on any atom is -0.485 e. The molecule has 0 amide bonds. The lowest BCUT2D eigenvalue weighted by Crippen LogP contribution is -2.26. The molecular weight excluding hydrogens is 442 g/mol. The normalized spacial score (nSPS) is 12.8. The first-order valence-corrected chi connectivity index (χ1v) is 12.8. The first-order valence-electron chi connectivity index (χ1n) is 12.8. The van der Waals surface area contributed by atoms with Crippen molar-refractivity contribution in [2.75, 3.05) is 20.1 Å². The molecule has 36 heavy (non-hydrogen) atoms. The van der Waals surface area contributed by atoms with Crippen LogP contribution in [0.2, 0.25) is 0 Å². The second kappa shape index (κ2) is 12.9. The van der Waals surface area contributed by atoms with Crippen LogP contribution in [0.3, 0.4) is 0 Å². The van der Waals surface area contributed by atoms with E-state index in [1.165, 1.54) is 11.1 Å². The Morgan fingerprint density at radius 1 is 0.528 bits per heavy atom. The average Bonchev–Trinajstić information content (AvgIpc) is 2.92. The van der Waals surface area contributed by atoms with Gasteiger partial charge in [0.25, 0.3) is 0 Å². The first kappa shape index (κ1) is 25.5. The van der Waals surface area contributed by atoms with Crippen molar-refractivity contribution in [1.82, 2.24) is 4.90 Å². The maximum Gasteiger partial charge on any atom is 0.125 e. The molecule has 0 radical (unpaired) electrons. The standard InChI is InChI=1S/C33H37NO2/c1-26-14-10-12-20-30(26)35-32(28-16-6-4-7-17-28)22-24-34(3)25-23-33(29-18-8-5-9-19-29)36-31-21-13-11-15-27(31)2/h4-21,32-33H,22-25H2,1-3H3. The average molecular weight is 480 g/mol. The van der Waals surface area contributed by atoms with Gasteiger partial charge in [0, 0.05) is 25.9 Å². The summed E-state index contributed by atoms with van der Waals surface area (Å²) in [5.41, 5.74) is 4.73. The molecule has 0 heterocycles. The number of nitrogens with zero attached hydrogens (tertiary/aromatic N) is 1. The van der Waals surface area contributed by atoms with Crippen molar-refractivity contribution in [1.29, 1.82) is 0 Å². The van der Waals surface area contributed by atoms with Crippen LogP contribution >= 0.6 is 0 Å². The van der Waals surface area contributed by atoms with Crippen LogP contribution in [0.15, 0.2) is 109 Å². The molecule has 4 aromatic carbocycles. The summed E-state index contributed by atoms with van der Waals surface area (Å²) in [5.74, 6) is 1.90. The van der Waals surface area contributed by atoms with Crippen LogP contribution in [0.1, 0.15) is 47.3 Å². The number of hydrogen-bond acceptors (Lipinski definition) is 3. The summed E-state index contributed by atoms with van der Waals surface area (Å²) in [6.45, 7) is 6.05. The molecule has 186 valence electrons. The number of aryl methyl sites for hydroxylation is 2. The lowest BCUT2D eigenvalue weighted by molar-refractivity contribution is 0.151. The molecule has 2 unspecified atom stereocenters. The third kappa shape index (κ3) is 7.22. The van der Waals surface area contributed by atoms with Gasteiger partial charge in [0.15, 0.2) is 0 Å². The van der Waals surface area contributed by atoms with Gasteiger partial charge < -0.3 is 14.4 Å². The number of para-hydroxylation sites is 2. The van der Waals surface area contributed by atoms with Crippen LogP contribution in [-0.4, -0.2) is 25.0 Å². The molecule has 0 aliphatic rings. The molecule has 0 saturated heterocycles. The third-order valence-corrected chi connectivity index (χ3v) is 6.61. The van der Waals surface area contributed by atoms with Crippen LogP contribution < -0.4 is 9.47 Å². The van der Waals surface area contributed by atoms with Gasteiger partial charge in [-0.15, -0.1) is 0 Å². The number of hydrogen-bond donors (Lipinski definition) is 0. The summed E-state index contributed by atoms with van der Waals surface area (Å²) in [6.07, 6.45) is 1.82. The predicted octanol–water partition coefficient (Wildman–Crippen LogP) is 7.96. The summed E-state index contributed by atoms with van der Waals surface area (Å²) in [4.78, 5) is 2.38. The molecule has 0 N–H and O–H groups in total. The van der Waals surface area contributed by atoms with Crippen molar-refractivity contribution in [3.63, 3.8) is 0 Å². The quantitative estimate of drug-likeness (QED) is 0.206. The molecule has 4 aromatic rings. The fourth-order valence-corrected chi connectivity index (χ4v) is 4.39. The summed E-state index contributed by atoms with van der Waals surface area (Å²) in [7, 11) is 2.19. The summed E-state index contributed by atoms with van der Waals surface area (Å²) >= 11 is 0. The minimum absolute atomic E-state index is 0.00267. The van der Waals surface area contributed by atoms with Gasteiger partial charge in [0.1, 0.15) is 23.7 Å². The number of ether oxygens (including phenoxy) is 2. The van der Waals surface area contributed by atoms with Gasteiger partial charge in [0.05, 0.1) is 0 Å². The van der Waals surface area contributed by atoms with Crippen molar-refractivity contribution in [3.05, 3.63) is 131 Å². The van der Waals surface area contributed by atoms with Gasteiger partial charge in [-0.25, -0.2) is 0 Å². The van der Waals surface area contributed by atoms with E-state index in [-0.39, 0.29) is 12.2 Å². The van der Waals surface area contributed by atoms with Crippen LogP contribution in [0.5, 0.6) is 11.5 Å². The molecule has 3 heteroatoms. The molecule has 0 aromatic heterocycles. The van der Waals surface area contributed by atoms with Crippen molar-refractivity contribution < 1.29 is 9.47 Å². The van der Waals surface area contributed by atoms with E-state index in [1.807, 2.05) is 12.1 Å². The van der Waals surface area contributed by atoms with Crippen LogP contribution in [-0.2, 0) is 0 Å². The highest BCUT2D eigenvalue weighted by molar-refractivity contribution is 5.34. The molecule has 0 fully saturated rings. The largest absolute Gasteiger partial charge is 0.485 e. The number of benzene rings is 4. The Labute approximate surface area is 216 Å². The van der Waals surface area contributed by atoms with Crippen molar-refractivity contribution in [3.8, 4) is 11.5 Å². The predicted molar refractivity (Wildman–Crippen MR) is 149 cm³/mol. The van der Waals surface area contributed by atoms with Gasteiger partial charge in [-0.1, -0.05) is 97.1 Å². The lowest BCUT2D eigenvalue weighted by Gasteiger charge is -2.26. The van der Waals surface area contributed by atoms with E-state index >= 15 is 0 Å². The Morgan fingerprint density at radius 2 is 0.889 bits per heavy atom. The smallest absolute Gasteiger partial charge is 0.125 e. The van der Waals surface area contributed by atoms with Gasteiger partial charge in [-0.2, -0.15) is 0 Å². The van der Waals surface area contributed by atoms with Gasteiger partial charge in [0.2, 0.25) is 0 Å². The molecule has 0 bridgehead atoms. The fraction of sp³-hybridized carbons (Fsp3) is 0.273. The molecule has 3 nitrogen and oxygen atoms in total. The zero-order chi connectivity index (χ0) is 25.2. The fourth-order valence-electron chi connectivity index (χ4n) is 4.39. The van der Waals surface area contributed by atoms with Crippen molar-refractivity contribution >= 4 is 0 Å². The van der Waals surface area contributed by atoms with E-state index in [1.54, 1.807) is 0 Å². The van der Waals surface area contributed by atoms with E-state index in [0.717, 1.165) is 48.6 Å². The van der Waals surface area contributed by atoms with Crippen molar-refractivity contribution in [2.45, 2.75) is 38.9 Å². The van der Waals surface area contributed by atoms with E-state index in [4.69, 9.17) is 9.47 Å². The first-order chi connectivity index (χ1) is 17.6. The minimum atomic E-state index is 0.00267. The molecule has 0 saturated carbocycles. The summed E-state index contributed by atoms with van der Waals surface area (Å²) < 4.78 is 13.0. The maximum atomic E-state index is 6.52. The summed E-state index contributed by atoms with van der Waals surface area (Å²) in [6, 6.07) is 37.6. The van der Waals surface area contributed by atoms with E-state index in [9.17, 15) is 0 Å².